The monoisotopic (exact) mass is 249 g/mol. The molecule has 18 heavy (non-hydrogen) atoms. The van der Waals surface area contributed by atoms with E-state index >= 15 is 0 Å². The molecule has 0 radical (unpaired) electrons. The minimum Gasteiger partial charge on any atom is -0.382 e. The maximum atomic E-state index is 5.72. The summed E-state index contributed by atoms with van der Waals surface area (Å²) in [4.78, 5) is 8.53. The minimum atomic E-state index is 0.375. The van der Waals surface area contributed by atoms with Gasteiger partial charge in [0, 0.05) is 12.5 Å². The van der Waals surface area contributed by atoms with Crippen molar-refractivity contribution in [2.45, 2.75) is 44.4 Å². The second-order valence-corrected chi connectivity index (χ2v) is 4.93. The molecule has 0 spiro atoms. The molecule has 0 unspecified atom stereocenters. The summed E-state index contributed by atoms with van der Waals surface area (Å²) in [6.45, 7) is 1.56. The van der Waals surface area contributed by atoms with E-state index in [1.165, 1.54) is 32.1 Å². The number of nitrogens with one attached hydrogen (secondary N) is 1. The molecule has 0 aromatic carbocycles. The van der Waals surface area contributed by atoms with Crippen molar-refractivity contribution in [2.24, 2.45) is 5.73 Å². The number of rotatable bonds is 5. The van der Waals surface area contributed by atoms with Crippen LogP contribution in [0.3, 0.4) is 0 Å². The highest BCUT2D eigenvalue weighted by atomic mass is 15.0. The van der Waals surface area contributed by atoms with Gasteiger partial charge < -0.3 is 16.8 Å². The normalized spacial score (nSPS) is 16.7. The van der Waals surface area contributed by atoms with Crippen molar-refractivity contribution in [1.82, 2.24) is 9.97 Å². The van der Waals surface area contributed by atoms with Gasteiger partial charge in [-0.1, -0.05) is 19.3 Å². The number of anilines is 2. The first kappa shape index (κ1) is 13.1. The molecule has 0 amide bonds. The summed E-state index contributed by atoms with van der Waals surface area (Å²) in [5.74, 6) is 0.907. The molecule has 1 aromatic rings. The van der Waals surface area contributed by atoms with E-state index < -0.39 is 0 Å². The van der Waals surface area contributed by atoms with Crippen LogP contribution in [-0.2, 0) is 0 Å². The molecule has 5 N–H and O–H groups in total. The molecule has 0 saturated heterocycles. The summed E-state index contributed by atoms with van der Waals surface area (Å²) < 4.78 is 0. The van der Waals surface area contributed by atoms with E-state index in [0.29, 0.717) is 18.4 Å². The lowest BCUT2D eigenvalue weighted by Crippen LogP contribution is -2.15. The third kappa shape index (κ3) is 3.32. The first-order chi connectivity index (χ1) is 8.81. The van der Waals surface area contributed by atoms with Crippen molar-refractivity contribution < 1.29 is 0 Å². The maximum Gasteiger partial charge on any atom is 0.220 e. The summed E-state index contributed by atoms with van der Waals surface area (Å²) in [6.07, 6.45) is 9.10. The van der Waals surface area contributed by atoms with Crippen LogP contribution < -0.4 is 16.8 Å². The predicted octanol–water partition coefficient (Wildman–Crippen LogP) is 1.87. The molecule has 1 heterocycles. The van der Waals surface area contributed by atoms with Crippen LogP contribution in [0.4, 0.5) is 11.6 Å². The maximum absolute atomic E-state index is 5.72. The van der Waals surface area contributed by atoms with Gasteiger partial charge in [-0.15, -0.1) is 0 Å². The van der Waals surface area contributed by atoms with Crippen molar-refractivity contribution in [1.29, 1.82) is 0 Å². The van der Waals surface area contributed by atoms with E-state index in [1.54, 1.807) is 0 Å². The fourth-order valence-electron chi connectivity index (χ4n) is 2.56. The molecular formula is C13H23N5. The number of aromatic nitrogens is 2. The smallest absolute Gasteiger partial charge is 0.220 e. The summed E-state index contributed by atoms with van der Waals surface area (Å²) >= 11 is 0. The van der Waals surface area contributed by atoms with E-state index in [0.717, 1.165) is 24.3 Å². The molecule has 0 aliphatic heterocycles. The Bertz CT molecular complexity index is 374. The first-order valence-corrected chi connectivity index (χ1v) is 6.87. The third-order valence-electron chi connectivity index (χ3n) is 3.53. The van der Waals surface area contributed by atoms with Crippen LogP contribution in [0.15, 0.2) is 6.20 Å². The van der Waals surface area contributed by atoms with Crippen LogP contribution >= 0.6 is 0 Å². The van der Waals surface area contributed by atoms with Gasteiger partial charge in [-0.25, -0.2) is 9.97 Å². The summed E-state index contributed by atoms with van der Waals surface area (Å²) in [5, 5.41) is 3.38. The lowest BCUT2D eigenvalue weighted by Gasteiger charge is -2.23. The third-order valence-corrected chi connectivity index (χ3v) is 3.53. The van der Waals surface area contributed by atoms with Crippen molar-refractivity contribution in [2.75, 3.05) is 24.1 Å². The Labute approximate surface area is 108 Å². The van der Waals surface area contributed by atoms with Crippen LogP contribution in [0.25, 0.3) is 0 Å². The zero-order chi connectivity index (χ0) is 12.8. The molecule has 5 heteroatoms. The van der Waals surface area contributed by atoms with Crippen molar-refractivity contribution in [3.63, 3.8) is 0 Å². The van der Waals surface area contributed by atoms with Gasteiger partial charge >= 0.3 is 0 Å². The molecule has 1 aliphatic rings. The number of nitrogens with two attached hydrogens (primary N) is 2. The average molecular weight is 249 g/mol. The number of hydrogen-bond donors (Lipinski definition) is 3. The summed E-state index contributed by atoms with van der Waals surface area (Å²) in [6, 6.07) is 0. The van der Waals surface area contributed by atoms with Crippen LogP contribution in [0.1, 0.15) is 50.1 Å². The fraction of sp³-hybridized carbons (Fsp3) is 0.692. The molecule has 0 atom stereocenters. The van der Waals surface area contributed by atoms with E-state index in [4.69, 9.17) is 11.5 Å². The van der Waals surface area contributed by atoms with Crippen LogP contribution in [0.2, 0.25) is 0 Å². The van der Waals surface area contributed by atoms with E-state index in [-0.39, 0.29) is 0 Å². The van der Waals surface area contributed by atoms with Crippen molar-refractivity contribution >= 4 is 11.6 Å². The fourth-order valence-corrected chi connectivity index (χ4v) is 2.56. The average Bonchev–Trinajstić information content (AvgIpc) is 2.41. The van der Waals surface area contributed by atoms with Gasteiger partial charge in [-0.3, -0.25) is 0 Å². The quantitative estimate of drug-likeness (QED) is 0.693. The Hall–Kier alpha value is -1.36. The largest absolute Gasteiger partial charge is 0.382 e. The van der Waals surface area contributed by atoms with E-state index in [1.807, 2.05) is 6.20 Å². The predicted molar refractivity (Wildman–Crippen MR) is 74.4 cm³/mol. The van der Waals surface area contributed by atoms with Crippen molar-refractivity contribution in [3.8, 4) is 0 Å². The molecule has 1 aromatic heterocycles. The zero-order valence-corrected chi connectivity index (χ0v) is 10.9. The van der Waals surface area contributed by atoms with Gasteiger partial charge in [0.1, 0.15) is 0 Å². The molecule has 1 fully saturated rings. The van der Waals surface area contributed by atoms with Gasteiger partial charge in [0.05, 0.1) is 17.6 Å². The number of hydrogen-bond acceptors (Lipinski definition) is 5. The SMILES string of the molecule is NCCCNc1cnc(N)nc1C1CCCCC1. The molecular weight excluding hydrogens is 226 g/mol. The second-order valence-electron chi connectivity index (χ2n) is 4.93. The molecule has 0 bridgehead atoms. The number of nitrogen functional groups attached to an aromatic ring is 1. The minimum absolute atomic E-state index is 0.375. The van der Waals surface area contributed by atoms with Crippen LogP contribution in [-0.4, -0.2) is 23.1 Å². The topological polar surface area (TPSA) is 89.8 Å². The molecule has 1 saturated carbocycles. The van der Waals surface area contributed by atoms with Gasteiger partial charge in [0.15, 0.2) is 0 Å². The second kappa shape index (κ2) is 6.54. The van der Waals surface area contributed by atoms with Gasteiger partial charge in [-0.2, -0.15) is 0 Å². The van der Waals surface area contributed by atoms with E-state index in [2.05, 4.69) is 15.3 Å². The zero-order valence-electron chi connectivity index (χ0n) is 10.9. The Morgan fingerprint density at radius 1 is 1.28 bits per heavy atom. The lowest BCUT2D eigenvalue weighted by atomic mass is 9.86. The van der Waals surface area contributed by atoms with Crippen molar-refractivity contribution in [3.05, 3.63) is 11.9 Å². The Morgan fingerprint density at radius 2 is 2.06 bits per heavy atom. The molecule has 2 rings (SSSR count). The lowest BCUT2D eigenvalue weighted by molar-refractivity contribution is 0.437. The number of nitrogens with zero attached hydrogens (tertiary/aromatic N) is 2. The van der Waals surface area contributed by atoms with E-state index in [9.17, 15) is 0 Å². The highest BCUT2D eigenvalue weighted by Crippen LogP contribution is 2.35. The Kier molecular flexibility index (Phi) is 4.75. The van der Waals surface area contributed by atoms with Gasteiger partial charge in [0.2, 0.25) is 5.95 Å². The van der Waals surface area contributed by atoms with Gasteiger partial charge in [-0.05, 0) is 25.8 Å². The molecule has 1 aliphatic carbocycles. The first-order valence-electron chi connectivity index (χ1n) is 6.87. The van der Waals surface area contributed by atoms with Crippen LogP contribution in [0.5, 0.6) is 0 Å². The highest BCUT2D eigenvalue weighted by Gasteiger charge is 2.20. The summed E-state index contributed by atoms with van der Waals surface area (Å²) in [5.41, 5.74) is 13.4. The Morgan fingerprint density at radius 3 is 2.78 bits per heavy atom. The Balaban J connectivity index is 2.11. The van der Waals surface area contributed by atoms with Crippen LogP contribution in [0, 0.1) is 0 Å². The molecule has 100 valence electrons. The van der Waals surface area contributed by atoms with Gasteiger partial charge in [0.25, 0.3) is 0 Å². The highest BCUT2D eigenvalue weighted by molar-refractivity contribution is 5.49. The molecule has 5 nitrogen and oxygen atoms in total. The summed E-state index contributed by atoms with van der Waals surface area (Å²) in [7, 11) is 0. The standard InChI is InChI=1S/C13H23N5/c14-7-4-8-16-11-9-17-13(15)18-12(11)10-5-2-1-3-6-10/h9-10,16H,1-8,14H2,(H2,15,17,18).